The predicted molar refractivity (Wildman–Crippen MR) is 47.1 cm³/mol. The van der Waals surface area contributed by atoms with Crippen LogP contribution in [0.15, 0.2) is 0 Å². The summed E-state index contributed by atoms with van der Waals surface area (Å²) in [7, 11) is 1.83. The molecule has 1 N–H and O–H groups in total. The number of hydrogen-bond donors (Lipinski definition) is 1. The van der Waals surface area contributed by atoms with Gasteiger partial charge in [-0.15, -0.1) is 0 Å². The number of likely N-dealkylation sites (N-methyl/N-ethyl adjacent to an activating group) is 1. The molecule has 2 nitrogen and oxygen atoms in total. The Morgan fingerprint density at radius 1 is 1.38 bits per heavy atom. The van der Waals surface area contributed by atoms with E-state index in [1.54, 1.807) is 0 Å². The Hall–Kier alpha value is -0.220. The lowest BCUT2D eigenvalue weighted by molar-refractivity contribution is -0.0836. The first-order valence-electron chi connectivity index (χ1n) is 4.75. The van der Waals surface area contributed by atoms with Crippen LogP contribution in [0.3, 0.4) is 0 Å². The van der Waals surface area contributed by atoms with E-state index in [1.807, 2.05) is 7.05 Å². The molecule has 0 unspecified atom stereocenters. The molecule has 0 aromatic heterocycles. The molecular weight excluding hydrogens is 176 g/mol. The molecule has 1 saturated carbocycles. The Labute approximate surface area is 77.6 Å². The summed E-state index contributed by atoms with van der Waals surface area (Å²) in [6.45, 7) is 0.251. The largest absolute Gasteiger partial charge is 0.368 e. The summed E-state index contributed by atoms with van der Waals surface area (Å²) in [5.74, 6) is 0. The molecule has 1 aliphatic carbocycles. The summed E-state index contributed by atoms with van der Waals surface area (Å²) in [5.41, 5.74) is -0.314. The third-order valence-corrected chi connectivity index (χ3v) is 2.53. The number of rotatable bonds is 5. The molecule has 4 heteroatoms. The smallest absolute Gasteiger partial charge is 0.261 e. The molecule has 1 fully saturated rings. The Kier molecular flexibility index (Phi) is 4.06. The molecule has 0 aromatic rings. The summed E-state index contributed by atoms with van der Waals surface area (Å²) < 4.78 is 29.2. The predicted octanol–water partition coefficient (Wildman–Crippen LogP) is 1.80. The highest BCUT2D eigenvalue weighted by atomic mass is 19.3. The van der Waals surface area contributed by atoms with E-state index in [1.165, 1.54) is 0 Å². The zero-order valence-electron chi connectivity index (χ0n) is 7.98. The summed E-state index contributed by atoms with van der Waals surface area (Å²) in [6.07, 6.45) is 1.63. The van der Waals surface area contributed by atoms with Gasteiger partial charge in [0.05, 0.1) is 5.60 Å². The van der Waals surface area contributed by atoms with E-state index in [4.69, 9.17) is 4.74 Å². The molecule has 78 valence electrons. The minimum atomic E-state index is -2.35. The first-order chi connectivity index (χ1) is 6.18. The number of nitrogens with one attached hydrogen (secondary N) is 1. The average molecular weight is 193 g/mol. The van der Waals surface area contributed by atoms with Crippen LogP contribution in [0.25, 0.3) is 0 Å². The van der Waals surface area contributed by atoms with Crippen molar-refractivity contribution in [2.45, 2.75) is 37.7 Å². The molecule has 0 bridgehead atoms. The van der Waals surface area contributed by atoms with Gasteiger partial charge in [0.1, 0.15) is 6.61 Å². The van der Waals surface area contributed by atoms with Crippen molar-refractivity contribution in [1.29, 1.82) is 0 Å². The molecular formula is C9H17F2NO. The van der Waals surface area contributed by atoms with Crippen molar-refractivity contribution in [3.05, 3.63) is 0 Å². The lowest BCUT2D eigenvalue weighted by Gasteiger charge is -2.28. The summed E-state index contributed by atoms with van der Waals surface area (Å²) in [5, 5.41) is 3.00. The fraction of sp³-hybridized carbons (Fsp3) is 1.00. The van der Waals surface area contributed by atoms with Crippen LogP contribution in [-0.4, -0.2) is 32.2 Å². The maximum atomic E-state index is 12.0. The second kappa shape index (κ2) is 4.86. The first kappa shape index (κ1) is 10.9. The van der Waals surface area contributed by atoms with Gasteiger partial charge in [0.25, 0.3) is 6.43 Å². The maximum Gasteiger partial charge on any atom is 0.261 e. The fourth-order valence-electron chi connectivity index (χ4n) is 1.95. The van der Waals surface area contributed by atoms with E-state index in [0.29, 0.717) is 6.54 Å². The van der Waals surface area contributed by atoms with Crippen molar-refractivity contribution < 1.29 is 13.5 Å². The molecule has 0 spiro atoms. The summed E-state index contributed by atoms with van der Waals surface area (Å²) >= 11 is 0. The van der Waals surface area contributed by atoms with Crippen molar-refractivity contribution in [3.8, 4) is 0 Å². The summed E-state index contributed by atoms with van der Waals surface area (Å²) in [6, 6.07) is 0. The monoisotopic (exact) mass is 193 g/mol. The molecule has 0 aromatic carbocycles. The molecule has 0 atom stereocenters. The fourth-order valence-corrected chi connectivity index (χ4v) is 1.95. The standard InChI is InChI=1S/C9H17F2NO/c1-12-7-9(4-2-3-5-9)13-6-8(10)11/h8,12H,2-7H2,1H3. The van der Waals surface area contributed by atoms with E-state index in [2.05, 4.69) is 5.32 Å². The van der Waals surface area contributed by atoms with Gasteiger partial charge in [-0.25, -0.2) is 8.78 Å². The third kappa shape index (κ3) is 3.19. The normalized spacial score (nSPS) is 21.2. The highest BCUT2D eigenvalue weighted by Gasteiger charge is 2.34. The van der Waals surface area contributed by atoms with Gasteiger partial charge in [0.15, 0.2) is 0 Å². The molecule has 0 radical (unpaired) electrons. The van der Waals surface area contributed by atoms with Crippen molar-refractivity contribution >= 4 is 0 Å². The van der Waals surface area contributed by atoms with Crippen LogP contribution in [0.4, 0.5) is 8.78 Å². The van der Waals surface area contributed by atoms with Crippen LogP contribution >= 0.6 is 0 Å². The highest BCUT2D eigenvalue weighted by Crippen LogP contribution is 2.32. The quantitative estimate of drug-likeness (QED) is 0.719. The second-order valence-corrected chi connectivity index (χ2v) is 3.62. The maximum absolute atomic E-state index is 12.0. The van der Waals surface area contributed by atoms with Gasteiger partial charge in [-0.05, 0) is 19.9 Å². The van der Waals surface area contributed by atoms with Crippen LogP contribution in [0, 0.1) is 0 Å². The van der Waals surface area contributed by atoms with Crippen LogP contribution in [-0.2, 0) is 4.74 Å². The van der Waals surface area contributed by atoms with E-state index in [9.17, 15) is 8.78 Å². The van der Waals surface area contributed by atoms with Gasteiger partial charge >= 0.3 is 0 Å². The van der Waals surface area contributed by atoms with Crippen molar-refractivity contribution in [3.63, 3.8) is 0 Å². The molecule has 13 heavy (non-hydrogen) atoms. The first-order valence-corrected chi connectivity index (χ1v) is 4.75. The number of halogens is 2. The minimum absolute atomic E-state index is 0.314. The van der Waals surface area contributed by atoms with Gasteiger partial charge in [-0.3, -0.25) is 0 Å². The molecule has 0 amide bonds. The molecule has 1 rings (SSSR count). The Balaban J connectivity index is 2.37. The number of ether oxygens (including phenoxy) is 1. The number of alkyl halides is 2. The molecule has 0 heterocycles. The Morgan fingerprint density at radius 3 is 2.46 bits per heavy atom. The van der Waals surface area contributed by atoms with E-state index < -0.39 is 13.0 Å². The van der Waals surface area contributed by atoms with Gasteiger partial charge in [0, 0.05) is 6.54 Å². The SMILES string of the molecule is CNCC1(OCC(F)F)CCCC1. The molecule has 0 saturated heterocycles. The number of hydrogen-bond acceptors (Lipinski definition) is 2. The Morgan fingerprint density at radius 2 is 2.00 bits per heavy atom. The van der Waals surface area contributed by atoms with Gasteiger partial charge in [-0.2, -0.15) is 0 Å². The topological polar surface area (TPSA) is 21.3 Å². The van der Waals surface area contributed by atoms with Gasteiger partial charge in [-0.1, -0.05) is 12.8 Å². The van der Waals surface area contributed by atoms with Crippen LogP contribution in [0.5, 0.6) is 0 Å². The zero-order valence-corrected chi connectivity index (χ0v) is 7.98. The van der Waals surface area contributed by atoms with Crippen molar-refractivity contribution in [1.82, 2.24) is 5.32 Å². The lowest BCUT2D eigenvalue weighted by Crippen LogP contribution is -2.40. The second-order valence-electron chi connectivity index (χ2n) is 3.62. The van der Waals surface area contributed by atoms with E-state index >= 15 is 0 Å². The Bertz CT molecular complexity index is 147. The van der Waals surface area contributed by atoms with Crippen molar-refractivity contribution in [2.24, 2.45) is 0 Å². The summed E-state index contributed by atoms with van der Waals surface area (Å²) in [4.78, 5) is 0. The molecule has 0 aliphatic heterocycles. The third-order valence-electron chi connectivity index (χ3n) is 2.53. The van der Waals surface area contributed by atoms with Crippen LogP contribution in [0.1, 0.15) is 25.7 Å². The van der Waals surface area contributed by atoms with E-state index in [-0.39, 0.29) is 5.60 Å². The zero-order chi connectivity index (χ0) is 9.73. The lowest BCUT2D eigenvalue weighted by atomic mass is 10.0. The van der Waals surface area contributed by atoms with E-state index in [0.717, 1.165) is 25.7 Å². The minimum Gasteiger partial charge on any atom is -0.368 e. The highest BCUT2D eigenvalue weighted by molar-refractivity contribution is 4.88. The van der Waals surface area contributed by atoms with Crippen LogP contribution < -0.4 is 5.32 Å². The average Bonchev–Trinajstić information content (AvgIpc) is 2.51. The van der Waals surface area contributed by atoms with Gasteiger partial charge < -0.3 is 10.1 Å². The van der Waals surface area contributed by atoms with Crippen LogP contribution in [0.2, 0.25) is 0 Å². The molecule has 1 aliphatic rings. The van der Waals surface area contributed by atoms with Gasteiger partial charge in [0.2, 0.25) is 0 Å². The van der Waals surface area contributed by atoms with Crippen molar-refractivity contribution in [2.75, 3.05) is 20.2 Å².